The molecule has 1 aliphatic rings. The normalized spacial score (nSPS) is 17.9. The third-order valence-electron chi connectivity index (χ3n) is 4.52. The van der Waals surface area contributed by atoms with Crippen LogP contribution in [-0.4, -0.2) is 39.3 Å². The first-order valence-electron chi connectivity index (χ1n) is 8.50. The maximum Gasteiger partial charge on any atom is 0.277 e. The molecule has 5 nitrogen and oxygen atoms in total. The Labute approximate surface area is 146 Å². The van der Waals surface area contributed by atoms with Crippen molar-refractivity contribution in [2.24, 2.45) is 0 Å². The second kappa shape index (κ2) is 7.83. The minimum absolute atomic E-state index is 0.169. The van der Waals surface area contributed by atoms with Crippen LogP contribution in [-0.2, 0) is 4.79 Å². The van der Waals surface area contributed by atoms with Gasteiger partial charge in [-0.25, -0.2) is 0 Å². The topological polar surface area (TPSA) is 59.2 Å². The third kappa shape index (κ3) is 3.80. The van der Waals surface area contributed by atoms with E-state index in [9.17, 15) is 4.79 Å². The number of benzene rings is 1. The highest BCUT2D eigenvalue weighted by Crippen LogP contribution is 2.26. The minimum Gasteiger partial charge on any atom is -0.411 e. The Balaban J connectivity index is 1.61. The Bertz CT molecular complexity index is 701. The molecule has 3 rings (SSSR count). The van der Waals surface area contributed by atoms with Gasteiger partial charge in [0.05, 0.1) is 5.75 Å². The maximum atomic E-state index is 12.5. The van der Waals surface area contributed by atoms with E-state index in [0.29, 0.717) is 22.9 Å². The number of carbonyl (C=O) groups excluding carboxylic acids is 1. The lowest BCUT2D eigenvalue weighted by Crippen LogP contribution is -2.44. The lowest BCUT2D eigenvalue weighted by atomic mass is 10.0. The molecular weight excluding hydrogens is 322 g/mol. The van der Waals surface area contributed by atoms with E-state index >= 15 is 0 Å². The molecule has 24 heavy (non-hydrogen) atoms. The molecule has 0 saturated carbocycles. The van der Waals surface area contributed by atoms with Gasteiger partial charge in [-0.1, -0.05) is 36.9 Å². The predicted molar refractivity (Wildman–Crippen MR) is 94.8 cm³/mol. The van der Waals surface area contributed by atoms with Crippen LogP contribution in [0, 0.1) is 6.92 Å². The number of hydrogen-bond donors (Lipinski definition) is 0. The lowest BCUT2D eigenvalue weighted by molar-refractivity contribution is -0.132. The molecule has 1 amide bonds. The number of thioether (sulfide) groups is 1. The van der Waals surface area contributed by atoms with Crippen molar-refractivity contribution in [2.75, 3.05) is 12.3 Å². The molecule has 0 aliphatic carbocycles. The van der Waals surface area contributed by atoms with Crippen LogP contribution in [0.25, 0.3) is 11.5 Å². The van der Waals surface area contributed by atoms with E-state index in [1.165, 1.54) is 18.2 Å². The van der Waals surface area contributed by atoms with Crippen molar-refractivity contribution in [2.45, 2.75) is 50.8 Å². The molecule has 0 radical (unpaired) electrons. The summed E-state index contributed by atoms with van der Waals surface area (Å²) in [5.41, 5.74) is 2.03. The van der Waals surface area contributed by atoms with Crippen molar-refractivity contribution in [1.29, 1.82) is 0 Å². The van der Waals surface area contributed by atoms with Gasteiger partial charge in [-0.05, 0) is 44.2 Å². The highest BCUT2D eigenvalue weighted by molar-refractivity contribution is 7.99. The summed E-state index contributed by atoms with van der Waals surface area (Å²) in [6.45, 7) is 5.03. The van der Waals surface area contributed by atoms with E-state index in [1.807, 2.05) is 36.1 Å². The summed E-state index contributed by atoms with van der Waals surface area (Å²) in [6.07, 6.45) is 4.46. The fraction of sp³-hybridized carbons (Fsp3) is 0.500. The molecule has 6 heteroatoms. The van der Waals surface area contributed by atoms with Crippen molar-refractivity contribution in [3.63, 3.8) is 0 Å². The van der Waals surface area contributed by atoms with E-state index < -0.39 is 0 Å². The van der Waals surface area contributed by atoms with Crippen molar-refractivity contribution < 1.29 is 9.21 Å². The van der Waals surface area contributed by atoms with E-state index in [2.05, 4.69) is 17.1 Å². The van der Waals surface area contributed by atoms with Crippen molar-refractivity contribution >= 4 is 17.7 Å². The molecule has 1 aromatic heterocycles. The molecule has 2 aromatic rings. The third-order valence-corrected chi connectivity index (χ3v) is 5.32. The van der Waals surface area contributed by atoms with E-state index in [-0.39, 0.29) is 5.91 Å². The molecule has 1 aliphatic heterocycles. The second-order valence-corrected chi connectivity index (χ2v) is 7.05. The number of aryl methyl sites for hydroxylation is 1. The van der Waals surface area contributed by atoms with Crippen molar-refractivity contribution in [3.8, 4) is 11.5 Å². The summed E-state index contributed by atoms with van der Waals surface area (Å²) >= 11 is 1.32. The molecule has 0 unspecified atom stereocenters. The first-order valence-corrected chi connectivity index (χ1v) is 9.49. The van der Waals surface area contributed by atoms with Crippen LogP contribution in [0.4, 0.5) is 0 Å². The number of carbonyl (C=O) groups is 1. The molecular formula is C18H23N3O2S. The Morgan fingerprint density at radius 2 is 2.17 bits per heavy atom. The predicted octanol–water partition coefficient (Wildman–Crippen LogP) is 3.93. The number of nitrogens with zero attached hydrogens (tertiary/aromatic N) is 3. The van der Waals surface area contributed by atoms with Gasteiger partial charge >= 0.3 is 0 Å². The summed E-state index contributed by atoms with van der Waals surface area (Å²) in [5.74, 6) is 1.03. The van der Waals surface area contributed by atoms with Gasteiger partial charge in [-0.2, -0.15) is 0 Å². The zero-order valence-electron chi connectivity index (χ0n) is 14.2. The fourth-order valence-corrected chi connectivity index (χ4v) is 3.80. The summed E-state index contributed by atoms with van der Waals surface area (Å²) in [4.78, 5) is 14.5. The number of hydrogen-bond acceptors (Lipinski definition) is 5. The number of likely N-dealkylation sites (tertiary alicyclic amines) is 1. The number of amides is 1. The van der Waals surface area contributed by atoms with E-state index in [1.54, 1.807) is 0 Å². The van der Waals surface area contributed by atoms with Crippen LogP contribution in [0.3, 0.4) is 0 Å². The number of rotatable bonds is 5. The molecule has 1 saturated heterocycles. The fourth-order valence-electron chi connectivity index (χ4n) is 3.15. The van der Waals surface area contributed by atoms with Crippen LogP contribution in [0.15, 0.2) is 33.9 Å². The Morgan fingerprint density at radius 3 is 2.96 bits per heavy atom. The standard InChI is InChI=1S/C18H23N3O2S/c1-3-14-9-6-7-11-21(14)16(22)12-24-18-20-19-17(23-18)15-10-5-4-8-13(15)2/h4-5,8,10,14H,3,6-7,9,11-12H2,1-2H3/t14-/m1/s1. The largest absolute Gasteiger partial charge is 0.411 e. The molecule has 0 N–H and O–H groups in total. The van der Waals surface area contributed by atoms with Gasteiger partial charge in [0.15, 0.2) is 0 Å². The maximum absolute atomic E-state index is 12.5. The number of aromatic nitrogens is 2. The van der Waals surface area contributed by atoms with Gasteiger partial charge in [-0.3, -0.25) is 4.79 Å². The molecule has 128 valence electrons. The van der Waals surface area contributed by atoms with Gasteiger partial charge < -0.3 is 9.32 Å². The van der Waals surface area contributed by atoms with Crippen molar-refractivity contribution in [3.05, 3.63) is 29.8 Å². The van der Waals surface area contributed by atoms with Crippen molar-refractivity contribution in [1.82, 2.24) is 15.1 Å². The molecule has 2 heterocycles. The minimum atomic E-state index is 0.169. The van der Waals surface area contributed by atoms with E-state index in [4.69, 9.17) is 4.42 Å². The highest BCUT2D eigenvalue weighted by atomic mass is 32.2. The molecule has 1 aromatic carbocycles. The van der Waals surface area contributed by atoms with Crippen LogP contribution >= 0.6 is 11.8 Å². The quantitative estimate of drug-likeness (QED) is 0.769. The first-order chi connectivity index (χ1) is 11.7. The summed E-state index contributed by atoms with van der Waals surface area (Å²) in [7, 11) is 0. The highest BCUT2D eigenvalue weighted by Gasteiger charge is 2.25. The Hall–Kier alpha value is -1.82. The van der Waals surface area contributed by atoms with Crippen LogP contribution < -0.4 is 0 Å². The van der Waals surface area contributed by atoms with E-state index in [0.717, 1.165) is 36.9 Å². The zero-order chi connectivity index (χ0) is 16.9. The SMILES string of the molecule is CC[C@@H]1CCCCN1C(=O)CSc1nnc(-c2ccccc2C)o1. The average Bonchev–Trinajstić information content (AvgIpc) is 3.08. The van der Waals surface area contributed by atoms with Crippen LogP contribution in [0.5, 0.6) is 0 Å². The van der Waals surface area contributed by atoms with Gasteiger partial charge in [-0.15, -0.1) is 10.2 Å². The average molecular weight is 345 g/mol. The summed E-state index contributed by atoms with van der Waals surface area (Å²) < 4.78 is 5.71. The molecule has 0 spiro atoms. The van der Waals surface area contributed by atoms with Gasteiger partial charge in [0.1, 0.15) is 0 Å². The summed E-state index contributed by atoms with van der Waals surface area (Å²) in [6, 6.07) is 8.28. The molecule has 1 fully saturated rings. The second-order valence-electron chi connectivity index (χ2n) is 6.12. The smallest absolute Gasteiger partial charge is 0.277 e. The summed E-state index contributed by atoms with van der Waals surface area (Å²) in [5, 5.41) is 8.62. The van der Waals surface area contributed by atoms with Crippen LogP contribution in [0.2, 0.25) is 0 Å². The zero-order valence-corrected chi connectivity index (χ0v) is 15.0. The Kier molecular flexibility index (Phi) is 5.56. The molecule has 0 bridgehead atoms. The van der Waals surface area contributed by atoms with Gasteiger partial charge in [0, 0.05) is 18.2 Å². The lowest BCUT2D eigenvalue weighted by Gasteiger charge is -2.35. The van der Waals surface area contributed by atoms with Gasteiger partial charge in [0.25, 0.3) is 5.22 Å². The monoisotopic (exact) mass is 345 g/mol. The Morgan fingerprint density at radius 1 is 1.33 bits per heavy atom. The number of piperidine rings is 1. The first kappa shape index (κ1) is 17.0. The van der Waals surface area contributed by atoms with Gasteiger partial charge in [0.2, 0.25) is 11.8 Å². The molecule has 1 atom stereocenters. The van der Waals surface area contributed by atoms with Crippen LogP contribution in [0.1, 0.15) is 38.2 Å².